The Hall–Kier alpha value is -2.97. The molecule has 1 aliphatic rings. The Balaban J connectivity index is 1.26. The number of halogens is 1. The van der Waals surface area contributed by atoms with Gasteiger partial charge in [-0.2, -0.15) is 0 Å². The molecule has 2 aromatic heterocycles. The molecule has 162 valence electrons. The molecule has 1 saturated carbocycles. The lowest BCUT2D eigenvalue weighted by molar-refractivity contribution is 0.0952. The molecule has 2 aromatic carbocycles. The minimum atomic E-state index is -0.290. The molecule has 8 heteroatoms. The average Bonchev–Trinajstić information content (AvgIpc) is 3.51. The number of rotatable bonds is 8. The summed E-state index contributed by atoms with van der Waals surface area (Å²) in [6, 6.07) is 15.8. The third kappa shape index (κ3) is 5.08. The Kier molecular flexibility index (Phi) is 6.05. The Morgan fingerprint density at radius 1 is 1.16 bits per heavy atom. The fraction of sp³-hybridized carbons (Fsp3) is 0.208. The van der Waals surface area contributed by atoms with E-state index in [0.717, 1.165) is 39.5 Å². The maximum absolute atomic E-state index is 13.0. The summed E-state index contributed by atoms with van der Waals surface area (Å²) < 4.78 is 18.7. The van der Waals surface area contributed by atoms with E-state index in [0.29, 0.717) is 29.7 Å². The molecule has 4 aromatic rings. The van der Waals surface area contributed by atoms with Crippen LogP contribution in [0.25, 0.3) is 10.9 Å². The van der Waals surface area contributed by atoms with Gasteiger partial charge in [0.25, 0.3) is 5.91 Å². The van der Waals surface area contributed by atoms with Gasteiger partial charge in [0.2, 0.25) is 0 Å². The van der Waals surface area contributed by atoms with Crippen LogP contribution in [0.15, 0.2) is 65.0 Å². The summed E-state index contributed by atoms with van der Waals surface area (Å²) in [5.41, 5.74) is 2.40. The quantitative estimate of drug-likeness (QED) is 0.344. The average molecular weight is 466 g/mol. The molecule has 32 heavy (non-hydrogen) atoms. The first-order valence-electron chi connectivity index (χ1n) is 10.3. The number of nitrogens with one attached hydrogen (secondary N) is 1. The lowest BCUT2D eigenvalue weighted by atomic mass is 10.1. The van der Waals surface area contributed by atoms with Crippen LogP contribution >= 0.6 is 23.1 Å². The van der Waals surface area contributed by atoms with Gasteiger partial charge in [-0.05, 0) is 49.2 Å². The van der Waals surface area contributed by atoms with Crippen LogP contribution in [0.5, 0.6) is 5.75 Å². The third-order valence-electron chi connectivity index (χ3n) is 4.99. The molecular formula is C24H20FN3O2S2. The summed E-state index contributed by atoms with van der Waals surface area (Å²) in [4.78, 5) is 22.1. The zero-order chi connectivity index (χ0) is 21.9. The second-order valence-corrected chi connectivity index (χ2v) is 9.48. The van der Waals surface area contributed by atoms with Crippen molar-refractivity contribution in [1.82, 2.24) is 15.3 Å². The number of hydrogen-bond donors (Lipinski definition) is 1. The zero-order valence-electron chi connectivity index (χ0n) is 17.1. The van der Waals surface area contributed by atoms with Crippen molar-refractivity contribution in [3.63, 3.8) is 0 Å². The standard InChI is InChI=1S/C24H20FN3O2S2/c25-15-5-9-18(10-6-15)30-12-23-26-17(14-32-23)13-31-22-11-20(24(29)27-16-7-8-16)19-3-1-2-4-21(19)28-22/h1-6,9-11,14,16H,7-8,12-13H2,(H,27,29). The van der Waals surface area contributed by atoms with Gasteiger partial charge < -0.3 is 10.1 Å². The van der Waals surface area contributed by atoms with Crippen LogP contribution < -0.4 is 10.1 Å². The van der Waals surface area contributed by atoms with E-state index < -0.39 is 0 Å². The van der Waals surface area contributed by atoms with Crippen molar-refractivity contribution < 1.29 is 13.9 Å². The van der Waals surface area contributed by atoms with Crippen molar-refractivity contribution in [2.24, 2.45) is 0 Å². The third-order valence-corrected chi connectivity index (χ3v) is 6.81. The van der Waals surface area contributed by atoms with Gasteiger partial charge in [-0.25, -0.2) is 14.4 Å². The molecule has 5 nitrogen and oxygen atoms in total. The van der Waals surface area contributed by atoms with Crippen molar-refractivity contribution in [1.29, 1.82) is 0 Å². The molecule has 1 N–H and O–H groups in total. The maximum Gasteiger partial charge on any atom is 0.252 e. The van der Waals surface area contributed by atoms with Gasteiger partial charge in [0.05, 0.1) is 21.8 Å². The van der Waals surface area contributed by atoms with Gasteiger partial charge >= 0.3 is 0 Å². The molecule has 0 saturated heterocycles. The van der Waals surface area contributed by atoms with Crippen molar-refractivity contribution in [3.8, 4) is 5.75 Å². The highest BCUT2D eigenvalue weighted by atomic mass is 32.2. The highest BCUT2D eigenvalue weighted by Gasteiger charge is 2.25. The number of pyridine rings is 1. The SMILES string of the molecule is O=C(NC1CC1)c1cc(SCc2csc(COc3ccc(F)cc3)n2)nc2ccccc12. The predicted octanol–water partition coefficient (Wildman–Crippen LogP) is 5.59. The summed E-state index contributed by atoms with van der Waals surface area (Å²) >= 11 is 3.08. The second-order valence-electron chi connectivity index (χ2n) is 7.54. The van der Waals surface area contributed by atoms with Crippen LogP contribution in [0, 0.1) is 5.82 Å². The Morgan fingerprint density at radius 2 is 1.97 bits per heavy atom. The summed E-state index contributed by atoms with van der Waals surface area (Å²) in [6.07, 6.45) is 2.10. The molecule has 0 spiro atoms. The Bertz CT molecular complexity index is 1260. The van der Waals surface area contributed by atoms with Crippen molar-refractivity contribution in [2.45, 2.75) is 36.3 Å². The van der Waals surface area contributed by atoms with E-state index in [1.165, 1.54) is 23.5 Å². The minimum Gasteiger partial charge on any atom is -0.486 e. The Labute approximate surface area is 193 Å². The van der Waals surface area contributed by atoms with E-state index in [1.807, 2.05) is 35.7 Å². The van der Waals surface area contributed by atoms with E-state index in [1.54, 1.807) is 23.9 Å². The highest BCUT2D eigenvalue weighted by molar-refractivity contribution is 7.98. The number of fused-ring (bicyclic) bond motifs is 1. The van der Waals surface area contributed by atoms with Crippen molar-refractivity contribution >= 4 is 39.9 Å². The maximum atomic E-state index is 13.0. The summed E-state index contributed by atoms with van der Waals surface area (Å²) in [7, 11) is 0. The van der Waals surface area contributed by atoms with Crippen LogP contribution in [0.4, 0.5) is 4.39 Å². The number of carbonyl (C=O) groups excluding carboxylic acids is 1. The van der Waals surface area contributed by atoms with Gasteiger partial charge in [0.15, 0.2) is 0 Å². The lowest BCUT2D eigenvalue weighted by Crippen LogP contribution is -2.25. The number of para-hydroxylation sites is 1. The van der Waals surface area contributed by atoms with Gasteiger partial charge in [0.1, 0.15) is 23.2 Å². The highest BCUT2D eigenvalue weighted by Crippen LogP contribution is 2.28. The normalized spacial score (nSPS) is 13.3. The molecule has 0 radical (unpaired) electrons. The molecule has 0 aliphatic heterocycles. The fourth-order valence-corrected chi connectivity index (χ4v) is 4.83. The van der Waals surface area contributed by atoms with Crippen LogP contribution in [0.1, 0.15) is 33.9 Å². The number of carbonyl (C=O) groups is 1. The molecule has 0 bridgehead atoms. The molecule has 0 atom stereocenters. The lowest BCUT2D eigenvalue weighted by Gasteiger charge is -2.09. The van der Waals surface area contributed by atoms with E-state index in [2.05, 4.69) is 10.3 Å². The molecule has 1 amide bonds. The topological polar surface area (TPSA) is 64.1 Å². The molecule has 1 fully saturated rings. The van der Waals surface area contributed by atoms with Crippen molar-refractivity contribution in [2.75, 3.05) is 0 Å². The zero-order valence-corrected chi connectivity index (χ0v) is 18.7. The molecule has 2 heterocycles. The first kappa shape index (κ1) is 20.9. The van der Waals surface area contributed by atoms with Crippen LogP contribution in [-0.2, 0) is 12.4 Å². The number of thioether (sulfide) groups is 1. The summed E-state index contributed by atoms with van der Waals surface area (Å²) in [5.74, 6) is 0.917. The molecular weight excluding hydrogens is 445 g/mol. The van der Waals surface area contributed by atoms with Crippen molar-refractivity contribution in [3.05, 3.63) is 82.1 Å². The summed E-state index contributed by atoms with van der Waals surface area (Å²) in [5, 5.41) is 7.58. The number of nitrogens with zero attached hydrogens (tertiary/aromatic N) is 2. The fourth-order valence-electron chi connectivity index (χ4n) is 3.21. The first-order valence-corrected chi connectivity index (χ1v) is 12.2. The number of aromatic nitrogens is 2. The van der Waals surface area contributed by atoms with E-state index >= 15 is 0 Å². The van der Waals surface area contributed by atoms with Gasteiger partial charge in [-0.3, -0.25) is 4.79 Å². The molecule has 0 unspecified atom stereocenters. The Morgan fingerprint density at radius 3 is 2.78 bits per heavy atom. The number of ether oxygens (including phenoxy) is 1. The van der Waals surface area contributed by atoms with Gasteiger partial charge in [-0.1, -0.05) is 30.0 Å². The predicted molar refractivity (Wildman–Crippen MR) is 125 cm³/mol. The van der Waals surface area contributed by atoms with Gasteiger partial charge in [-0.15, -0.1) is 11.3 Å². The minimum absolute atomic E-state index is 0.0400. The number of hydrogen-bond acceptors (Lipinski definition) is 6. The largest absolute Gasteiger partial charge is 0.486 e. The van der Waals surface area contributed by atoms with Crippen LogP contribution in [0.2, 0.25) is 0 Å². The van der Waals surface area contributed by atoms with E-state index in [9.17, 15) is 9.18 Å². The number of thiazole rings is 1. The van der Waals surface area contributed by atoms with Gasteiger partial charge in [0, 0.05) is 22.6 Å². The van der Waals surface area contributed by atoms with E-state index in [-0.39, 0.29) is 11.7 Å². The summed E-state index contributed by atoms with van der Waals surface area (Å²) in [6.45, 7) is 0.334. The number of amides is 1. The smallest absolute Gasteiger partial charge is 0.252 e. The number of benzene rings is 2. The van der Waals surface area contributed by atoms with Crippen LogP contribution in [0.3, 0.4) is 0 Å². The second kappa shape index (κ2) is 9.26. The molecule has 5 rings (SSSR count). The van der Waals surface area contributed by atoms with Crippen LogP contribution in [-0.4, -0.2) is 21.9 Å². The molecule has 1 aliphatic carbocycles. The van der Waals surface area contributed by atoms with E-state index in [4.69, 9.17) is 9.72 Å². The first-order chi connectivity index (χ1) is 15.6. The monoisotopic (exact) mass is 465 g/mol.